The molecule has 4 atom stereocenters. The molecule has 0 spiro atoms. The minimum Gasteiger partial charge on any atom is -0.353 e. The summed E-state index contributed by atoms with van der Waals surface area (Å²) in [6, 6.07) is 3.33. The molecule has 3 aliphatic carbocycles. The molecule has 0 aromatic rings. The van der Waals surface area contributed by atoms with Crippen LogP contribution in [0.4, 0.5) is 0 Å². The van der Waals surface area contributed by atoms with Gasteiger partial charge in [-0.1, -0.05) is 32.1 Å². The molecule has 3 aliphatic rings. The van der Waals surface area contributed by atoms with Gasteiger partial charge in [0.25, 0.3) is 0 Å². The zero-order valence-electron chi connectivity index (χ0n) is 13.6. The number of aliphatic imine (C=N–C) groups is 1. The Kier molecular flexibility index (Phi) is 6.79. The van der Waals surface area contributed by atoms with Crippen LogP contribution in [0.5, 0.6) is 0 Å². The zero-order chi connectivity index (χ0) is 14.7. The summed E-state index contributed by atoms with van der Waals surface area (Å²) in [5.41, 5.74) is 0. The minimum absolute atomic E-state index is 0. The van der Waals surface area contributed by atoms with E-state index in [1.165, 1.54) is 38.5 Å². The van der Waals surface area contributed by atoms with Crippen molar-refractivity contribution in [1.82, 2.24) is 10.6 Å². The Balaban J connectivity index is 0.00000176. The predicted molar refractivity (Wildman–Crippen MR) is 100 cm³/mol. The van der Waals surface area contributed by atoms with Crippen molar-refractivity contribution in [3.8, 4) is 6.07 Å². The number of nitrogens with zero attached hydrogens (tertiary/aromatic N) is 2. The van der Waals surface area contributed by atoms with Crippen LogP contribution in [0.25, 0.3) is 0 Å². The number of halogens is 1. The van der Waals surface area contributed by atoms with Crippen LogP contribution >= 0.6 is 24.0 Å². The molecule has 0 radical (unpaired) electrons. The third-order valence-electron chi connectivity index (χ3n) is 5.64. The van der Waals surface area contributed by atoms with Gasteiger partial charge in [-0.05, 0) is 37.5 Å². The quantitative estimate of drug-likeness (QED) is 0.421. The van der Waals surface area contributed by atoms with E-state index >= 15 is 0 Å². The van der Waals surface area contributed by atoms with Gasteiger partial charge in [0.15, 0.2) is 5.96 Å². The molecule has 0 heterocycles. The summed E-state index contributed by atoms with van der Waals surface area (Å²) < 4.78 is 0. The maximum Gasteiger partial charge on any atom is 0.191 e. The van der Waals surface area contributed by atoms with E-state index in [1.54, 1.807) is 0 Å². The number of nitrogens with one attached hydrogen (secondary N) is 2. The Morgan fingerprint density at radius 2 is 1.73 bits per heavy atom. The molecular formula is C17H29IN4. The second kappa shape index (κ2) is 8.37. The summed E-state index contributed by atoms with van der Waals surface area (Å²) >= 11 is 0. The fourth-order valence-corrected chi connectivity index (χ4v) is 4.27. The fourth-order valence-electron chi connectivity index (χ4n) is 4.27. The van der Waals surface area contributed by atoms with Gasteiger partial charge in [0.2, 0.25) is 0 Å². The molecule has 0 aromatic carbocycles. The van der Waals surface area contributed by atoms with Gasteiger partial charge in [-0.3, -0.25) is 4.99 Å². The molecule has 0 amide bonds. The van der Waals surface area contributed by atoms with E-state index in [4.69, 9.17) is 0 Å². The lowest BCUT2D eigenvalue weighted by molar-refractivity contribution is 0.315. The molecule has 22 heavy (non-hydrogen) atoms. The summed E-state index contributed by atoms with van der Waals surface area (Å²) in [6.07, 6.45) is 11.7. The Labute approximate surface area is 151 Å². The number of rotatable bonds is 3. The van der Waals surface area contributed by atoms with Crippen molar-refractivity contribution in [2.75, 3.05) is 7.05 Å². The maximum absolute atomic E-state index is 9.18. The number of guanidine groups is 1. The average Bonchev–Trinajstić information content (AvgIpc) is 3.15. The van der Waals surface area contributed by atoms with E-state index in [1.807, 2.05) is 7.05 Å². The SMILES string of the molecule is CN=C(NC1CCCC1C#N)NC1CC1C1CCCCC1.I. The van der Waals surface area contributed by atoms with Crippen LogP contribution in [0.15, 0.2) is 4.99 Å². The molecule has 2 N–H and O–H groups in total. The molecule has 124 valence electrons. The summed E-state index contributed by atoms with van der Waals surface area (Å²) in [7, 11) is 1.84. The summed E-state index contributed by atoms with van der Waals surface area (Å²) in [6.45, 7) is 0. The lowest BCUT2D eigenvalue weighted by atomic mass is 9.85. The van der Waals surface area contributed by atoms with Crippen molar-refractivity contribution in [2.24, 2.45) is 22.7 Å². The van der Waals surface area contributed by atoms with E-state index in [0.717, 1.165) is 37.1 Å². The largest absolute Gasteiger partial charge is 0.353 e. The highest BCUT2D eigenvalue weighted by molar-refractivity contribution is 14.0. The molecule has 3 rings (SSSR count). The lowest BCUT2D eigenvalue weighted by Crippen LogP contribution is -2.46. The molecular weight excluding hydrogens is 387 g/mol. The van der Waals surface area contributed by atoms with E-state index < -0.39 is 0 Å². The predicted octanol–water partition coefficient (Wildman–Crippen LogP) is 3.43. The summed E-state index contributed by atoms with van der Waals surface area (Å²) in [5.74, 6) is 2.86. The molecule has 3 fully saturated rings. The third kappa shape index (κ3) is 4.27. The normalized spacial score (nSPS) is 35.4. The molecule has 3 saturated carbocycles. The average molecular weight is 416 g/mol. The van der Waals surface area contributed by atoms with Gasteiger partial charge in [-0.2, -0.15) is 5.26 Å². The van der Waals surface area contributed by atoms with Crippen LogP contribution in [-0.2, 0) is 0 Å². The number of hydrogen-bond donors (Lipinski definition) is 2. The molecule has 0 bridgehead atoms. The van der Waals surface area contributed by atoms with E-state index in [2.05, 4.69) is 21.7 Å². The van der Waals surface area contributed by atoms with Crippen molar-refractivity contribution in [2.45, 2.75) is 69.9 Å². The van der Waals surface area contributed by atoms with Gasteiger partial charge in [0.05, 0.1) is 12.0 Å². The first-order valence-electron chi connectivity index (χ1n) is 8.71. The monoisotopic (exact) mass is 416 g/mol. The van der Waals surface area contributed by atoms with Crippen molar-refractivity contribution < 1.29 is 0 Å². The Morgan fingerprint density at radius 3 is 2.41 bits per heavy atom. The Hall–Kier alpha value is -0.510. The summed E-state index contributed by atoms with van der Waals surface area (Å²) in [5, 5.41) is 16.2. The first kappa shape index (κ1) is 17.8. The number of nitriles is 1. The number of hydrogen-bond acceptors (Lipinski definition) is 2. The third-order valence-corrected chi connectivity index (χ3v) is 5.64. The second-order valence-corrected chi connectivity index (χ2v) is 7.04. The van der Waals surface area contributed by atoms with E-state index in [-0.39, 0.29) is 35.9 Å². The van der Waals surface area contributed by atoms with Crippen LogP contribution in [-0.4, -0.2) is 25.1 Å². The molecule has 0 aliphatic heterocycles. The van der Waals surface area contributed by atoms with Gasteiger partial charge in [-0.15, -0.1) is 24.0 Å². The molecule has 0 aromatic heterocycles. The highest BCUT2D eigenvalue weighted by Gasteiger charge is 2.43. The topological polar surface area (TPSA) is 60.2 Å². The highest BCUT2D eigenvalue weighted by atomic mass is 127. The van der Waals surface area contributed by atoms with Crippen LogP contribution in [0, 0.1) is 29.1 Å². The van der Waals surface area contributed by atoms with Gasteiger partial charge < -0.3 is 10.6 Å². The maximum atomic E-state index is 9.18. The fraction of sp³-hybridized carbons (Fsp3) is 0.882. The van der Waals surface area contributed by atoms with Crippen molar-refractivity contribution >= 4 is 29.9 Å². The Bertz CT molecular complexity index is 425. The van der Waals surface area contributed by atoms with Crippen LogP contribution < -0.4 is 10.6 Å². The van der Waals surface area contributed by atoms with Crippen molar-refractivity contribution in [3.05, 3.63) is 0 Å². The smallest absolute Gasteiger partial charge is 0.191 e. The first-order valence-corrected chi connectivity index (χ1v) is 8.71. The molecule has 4 unspecified atom stereocenters. The zero-order valence-corrected chi connectivity index (χ0v) is 15.9. The van der Waals surface area contributed by atoms with Crippen LogP contribution in [0.1, 0.15) is 57.8 Å². The standard InChI is InChI=1S/C17H28N4.HI/c1-19-17(20-15-9-5-8-13(15)11-18)21-16-10-14(16)12-6-3-2-4-7-12;/h12-16H,2-10H2,1H3,(H2,19,20,21);1H. The first-order chi connectivity index (χ1) is 10.3. The minimum atomic E-state index is 0. The van der Waals surface area contributed by atoms with E-state index in [0.29, 0.717) is 6.04 Å². The van der Waals surface area contributed by atoms with Crippen molar-refractivity contribution in [3.63, 3.8) is 0 Å². The second-order valence-electron chi connectivity index (χ2n) is 7.04. The van der Waals surface area contributed by atoms with Crippen molar-refractivity contribution in [1.29, 1.82) is 5.26 Å². The van der Waals surface area contributed by atoms with Crippen LogP contribution in [0.2, 0.25) is 0 Å². The highest BCUT2D eigenvalue weighted by Crippen LogP contribution is 2.44. The van der Waals surface area contributed by atoms with Gasteiger partial charge in [0, 0.05) is 19.1 Å². The van der Waals surface area contributed by atoms with Gasteiger partial charge in [-0.25, -0.2) is 0 Å². The molecule has 4 nitrogen and oxygen atoms in total. The van der Waals surface area contributed by atoms with Gasteiger partial charge >= 0.3 is 0 Å². The van der Waals surface area contributed by atoms with Gasteiger partial charge in [0.1, 0.15) is 0 Å². The Morgan fingerprint density at radius 1 is 1.00 bits per heavy atom. The molecule has 0 saturated heterocycles. The summed E-state index contributed by atoms with van der Waals surface area (Å²) in [4.78, 5) is 4.37. The molecule has 5 heteroatoms. The van der Waals surface area contributed by atoms with E-state index in [9.17, 15) is 5.26 Å². The van der Waals surface area contributed by atoms with Crippen LogP contribution in [0.3, 0.4) is 0 Å². The lowest BCUT2D eigenvalue weighted by Gasteiger charge is -2.23.